The summed E-state index contributed by atoms with van der Waals surface area (Å²) >= 11 is 0. The third-order valence-electron chi connectivity index (χ3n) is 7.50. The summed E-state index contributed by atoms with van der Waals surface area (Å²) in [6.45, 7) is 3.83. The molecule has 0 aromatic rings. The lowest BCUT2D eigenvalue weighted by Gasteiger charge is -2.52. The third-order valence-corrected chi connectivity index (χ3v) is 7.50. The molecule has 1 saturated carbocycles. The van der Waals surface area contributed by atoms with E-state index in [1.54, 1.807) is 19.1 Å². The third kappa shape index (κ3) is 2.12. The molecule has 1 fully saturated rings. The van der Waals surface area contributed by atoms with E-state index in [9.17, 15) is 23.1 Å². The Labute approximate surface area is 151 Å². The maximum Gasteiger partial charge on any atom is 0.418 e. The fourth-order valence-corrected chi connectivity index (χ4v) is 6.32. The molecule has 5 heteroatoms. The minimum Gasteiger partial charge on any atom is -0.380 e. The number of halogens is 3. The van der Waals surface area contributed by atoms with Gasteiger partial charge in [0, 0.05) is 11.8 Å². The summed E-state index contributed by atoms with van der Waals surface area (Å²) in [5.74, 6) is 0.129. The van der Waals surface area contributed by atoms with E-state index in [1.807, 2.05) is 6.08 Å². The minimum absolute atomic E-state index is 0.0247. The van der Waals surface area contributed by atoms with Gasteiger partial charge in [-0.2, -0.15) is 13.2 Å². The maximum absolute atomic E-state index is 13.8. The van der Waals surface area contributed by atoms with Crippen LogP contribution in [0, 0.1) is 23.2 Å². The summed E-state index contributed by atoms with van der Waals surface area (Å²) in [6.07, 6.45) is 2.94. The van der Waals surface area contributed by atoms with Crippen LogP contribution in [0.1, 0.15) is 52.4 Å². The van der Waals surface area contributed by atoms with Crippen molar-refractivity contribution < 1.29 is 23.1 Å². The molecule has 4 aliphatic carbocycles. The fraction of sp³-hybridized carbons (Fsp3) is 0.667. The zero-order chi connectivity index (χ0) is 18.9. The zero-order valence-electron chi connectivity index (χ0n) is 15.2. The van der Waals surface area contributed by atoms with E-state index in [1.165, 1.54) is 0 Å². The molecule has 2 unspecified atom stereocenters. The Morgan fingerprint density at radius 3 is 2.69 bits per heavy atom. The largest absolute Gasteiger partial charge is 0.418 e. The summed E-state index contributed by atoms with van der Waals surface area (Å²) in [5.41, 5.74) is -0.554. The first-order valence-electron chi connectivity index (χ1n) is 9.60. The van der Waals surface area contributed by atoms with E-state index in [0.717, 1.165) is 23.1 Å². The van der Waals surface area contributed by atoms with Gasteiger partial charge in [0.1, 0.15) is 0 Å². The van der Waals surface area contributed by atoms with Crippen molar-refractivity contribution in [2.75, 3.05) is 0 Å². The van der Waals surface area contributed by atoms with Crippen LogP contribution in [0.4, 0.5) is 13.2 Å². The number of carbonyl (C=O) groups is 1. The molecular weight excluding hydrogens is 341 g/mol. The number of hydrogen-bond donors (Lipinski definition) is 1. The lowest BCUT2D eigenvalue weighted by molar-refractivity contribution is -0.291. The van der Waals surface area contributed by atoms with Crippen LogP contribution < -0.4 is 0 Å². The summed E-state index contributed by atoms with van der Waals surface area (Å²) < 4.78 is 41.5. The highest BCUT2D eigenvalue weighted by Crippen LogP contribution is 2.66. The van der Waals surface area contributed by atoms with Crippen LogP contribution in [0.5, 0.6) is 0 Å². The fourth-order valence-electron chi connectivity index (χ4n) is 6.32. The number of alkyl halides is 3. The quantitative estimate of drug-likeness (QED) is 0.717. The molecule has 5 atom stereocenters. The summed E-state index contributed by atoms with van der Waals surface area (Å²) in [5, 5.41) is 10.8. The molecule has 0 spiro atoms. The normalized spacial score (nSPS) is 42.3. The Bertz CT molecular complexity index is 745. The molecule has 0 aromatic carbocycles. The van der Waals surface area contributed by atoms with Crippen molar-refractivity contribution in [1.29, 1.82) is 0 Å². The first-order valence-corrected chi connectivity index (χ1v) is 9.60. The van der Waals surface area contributed by atoms with Crippen molar-refractivity contribution in [3.8, 4) is 0 Å². The molecule has 0 heterocycles. The summed E-state index contributed by atoms with van der Waals surface area (Å²) in [4.78, 5) is 11.8. The van der Waals surface area contributed by atoms with Crippen molar-refractivity contribution in [2.45, 2.75) is 64.1 Å². The monoisotopic (exact) mass is 366 g/mol. The van der Waals surface area contributed by atoms with Gasteiger partial charge in [-0.3, -0.25) is 4.79 Å². The number of rotatable bonds is 1. The van der Waals surface area contributed by atoms with Crippen molar-refractivity contribution in [3.63, 3.8) is 0 Å². The zero-order valence-corrected chi connectivity index (χ0v) is 15.2. The molecule has 0 radical (unpaired) electrons. The molecule has 2 nitrogen and oxygen atoms in total. The molecular formula is C21H25F3O2. The standard InChI is InChI=1S/C21H25F3O2/c1-3-19-8-6-16-15-5-4-14(25)11-13(15)10-12(2)18(16)17(19)7-9-20(19,26)21(22,23)24/h6,8,11-12,17-18,26H,3-5,7,9-10H2,1-2H3/t12?,17-,18+,19-,20?/m0/s1. The van der Waals surface area contributed by atoms with Crippen molar-refractivity contribution >= 4 is 5.78 Å². The molecule has 0 amide bonds. The van der Waals surface area contributed by atoms with Gasteiger partial charge in [-0.05, 0) is 72.7 Å². The van der Waals surface area contributed by atoms with Gasteiger partial charge >= 0.3 is 6.18 Å². The predicted octanol–water partition coefficient (Wildman–Crippen LogP) is 4.90. The lowest BCUT2D eigenvalue weighted by Crippen LogP contribution is -2.58. The molecule has 4 aliphatic rings. The molecule has 0 aliphatic heterocycles. The second kappa shape index (κ2) is 5.57. The van der Waals surface area contributed by atoms with Crippen molar-refractivity contribution in [3.05, 3.63) is 34.9 Å². The van der Waals surface area contributed by atoms with Gasteiger partial charge in [0.05, 0.1) is 0 Å². The molecule has 1 N–H and O–H groups in total. The van der Waals surface area contributed by atoms with E-state index in [-0.39, 0.29) is 36.4 Å². The average molecular weight is 366 g/mol. The highest BCUT2D eigenvalue weighted by Gasteiger charge is 2.71. The highest BCUT2D eigenvalue weighted by atomic mass is 19.4. The Morgan fingerprint density at radius 2 is 2.04 bits per heavy atom. The van der Waals surface area contributed by atoms with Crippen LogP contribution in [0.3, 0.4) is 0 Å². The van der Waals surface area contributed by atoms with Gasteiger partial charge in [0.2, 0.25) is 0 Å². The predicted molar refractivity (Wildman–Crippen MR) is 92.2 cm³/mol. The van der Waals surface area contributed by atoms with Gasteiger partial charge in [-0.25, -0.2) is 0 Å². The number of ketones is 1. The van der Waals surface area contributed by atoms with Crippen molar-refractivity contribution in [1.82, 2.24) is 0 Å². The number of aliphatic hydroxyl groups is 1. The van der Waals surface area contributed by atoms with Gasteiger partial charge in [-0.1, -0.05) is 26.0 Å². The number of allylic oxidation sites excluding steroid dienone is 5. The maximum atomic E-state index is 13.8. The Balaban J connectivity index is 1.88. The Hall–Kier alpha value is -1.36. The number of fused-ring (bicyclic) bond motifs is 4. The van der Waals surface area contributed by atoms with Crippen LogP contribution in [-0.2, 0) is 4.79 Å². The van der Waals surface area contributed by atoms with Gasteiger partial charge in [0.25, 0.3) is 0 Å². The summed E-state index contributed by atoms with van der Waals surface area (Å²) in [6, 6.07) is 0. The number of carbonyl (C=O) groups excluding carboxylic acids is 1. The molecule has 4 rings (SSSR count). The van der Waals surface area contributed by atoms with Crippen LogP contribution in [0.25, 0.3) is 0 Å². The Kier molecular flexibility index (Phi) is 3.86. The highest BCUT2D eigenvalue weighted by molar-refractivity contribution is 5.93. The molecule has 0 bridgehead atoms. The molecule has 0 saturated heterocycles. The first kappa shape index (κ1) is 18.0. The second-order valence-electron chi connectivity index (χ2n) is 8.51. The molecule has 142 valence electrons. The van der Waals surface area contributed by atoms with Crippen LogP contribution in [0.15, 0.2) is 34.9 Å². The Morgan fingerprint density at radius 1 is 1.31 bits per heavy atom. The topological polar surface area (TPSA) is 37.3 Å². The van der Waals surface area contributed by atoms with Crippen molar-refractivity contribution in [2.24, 2.45) is 23.2 Å². The van der Waals surface area contributed by atoms with Crippen LogP contribution in [0.2, 0.25) is 0 Å². The first-order chi connectivity index (χ1) is 12.1. The smallest absolute Gasteiger partial charge is 0.380 e. The van der Waals surface area contributed by atoms with E-state index >= 15 is 0 Å². The second-order valence-corrected chi connectivity index (χ2v) is 8.51. The van der Waals surface area contributed by atoms with E-state index < -0.39 is 17.2 Å². The van der Waals surface area contributed by atoms with E-state index in [2.05, 4.69) is 6.92 Å². The molecule has 0 aromatic heterocycles. The molecule has 26 heavy (non-hydrogen) atoms. The van der Waals surface area contributed by atoms with Gasteiger partial charge in [0.15, 0.2) is 11.4 Å². The van der Waals surface area contributed by atoms with Crippen LogP contribution >= 0.6 is 0 Å². The van der Waals surface area contributed by atoms with Gasteiger partial charge < -0.3 is 5.11 Å². The minimum atomic E-state index is -4.63. The SMILES string of the molecule is CC[C@]12C=CC3=C4CCC(=O)C=C4CC(C)[C@H]3[C@@H]1CCC2(O)C(F)(F)F. The van der Waals surface area contributed by atoms with E-state index in [0.29, 0.717) is 19.3 Å². The van der Waals surface area contributed by atoms with E-state index in [4.69, 9.17) is 0 Å². The summed E-state index contributed by atoms with van der Waals surface area (Å²) in [7, 11) is 0. The lowest BCUT2D eigenvalue weighted by atomic mass is 9.54. The van der Waals surface area contributed by atoms with Gasteiger partial charge in [-0.15, -0.1) is 0 Å². The number of hydrogen-bond acceptors (Lipinski definition) is 2. The average Bonchev–Trinajstić information content (AvgIpc) is 2.89. The van der Waals surface area contributed by atoms with Crippen LogP contribution in [-0.4, -0.2) is 22.7 Å².